The van der Waals surface area contributed by atoms with Gasteiger partial charge in [0.05, 0.1) is 11.1 Å². The molecule has 90 valence electrons. The van der Waals surface area contributed by atoms with Gasteiger partial charge in [0.1, 0.15) is 5.52 Å². The van der Waals surface area contributed by atoms with Crippen molar-refractivity contribution in [2.45, 2.75) is 26.3 Å². The number of carbonyl (C=O) groups is 1. The van der Waals surface area contributed by atoms with Gasteiger partial charge in [-0.25, -0.2) is 4.98 Å². The van der Waals surface area contributed by atoms with E-state index in [1.165, 1.54) is 0 Å². The molecule has 0 bridgehead atoms. The average molecular weight is 232 g/mol. The van der Waals surface area contributed by atoms with Crippen molar-refractivity contribution in [1.82, 2.24) is 9.55 Å². The molecular weight excluding hydrogens is 216 g/mol. The molecule has 17 heavy (non-hydrogen) atoms. The van der Waals surface area contributed by atoms with E-state index in [2.05, 4.69) is 11.9 Å². The van der Waals surface area contributed by atoms with Gasteiger partial charge in [-0.05, 0) is 18.6 Å². The molecule has 5 nitrogen and oxygen atoms in total. The van der Waals surface area contributed by atoms with Crippen molar-refractivity contribution in [2.75, 3.05) is 5.73 Å². The first-order valence-corrected chi connectivity index (χ1v) is 5.69. The van der Waals surface area contributed by atoms with Crippen LogP contribution in [-0.4, -0.2) is 15.5 Å². The number of carbonyl (C=O) groups excluding carboxylic acids is 1. The number of aromatic nitrogens is 2. The van der Waals surface area contributed by atoms with Gasteiger partial charge in [-0.15, -0.1) is 0 Å². The number of imidazole rings is 1. The third kappa shape index (κ3) is 1.95. The summed E-state index contributed by atoms with van der Waals surface area (Å²) < 4.78 is 1.92. The molecule has 0 saturated heterocycles. The minimum absolute atomic E-state index is 0.421. The van der Waals surface area contributed by atoms with Gasteiger partial charge in [0.25, 0.3) is 5.91 Å². The highest BCUT2D eigenvalue weighted by Crippen LogP contribution is 2.21. The second kappa shape index (κ2) is 4.45. The molecule has 0 saturated carbocycles. The van der Waals surface area contributed by atoms with Gasteiger partial charge in [-0.3, -0.25) is 4.79 Å². The molecule has 0 aliphatic heterocycles. The molecular formula is C12H16N4O. The summed E-state index contributed by atoms with van der Waals surface area (Å²) in [6.45, 7) is 2.92. The normalized spacial score (nSPS) is 10.9. The zero-order valence-electron chi connectivity index (χ0n) is 9.81. The lowest BCUT2D eigenvalue weighted by Crippen LogP contribution is -2.11. The lowest BCUT2D eigenvalue weighted by Gasteiger charge is -2.05. The Balaban J connectivity index is 2.59. The van der Waals surface area contributed by atoms with Crippen LogP contribution in [0.2, 0.25) is 0 Å². The topological polar surface area (TPSA) is 86.9 Å². The quantitative estimate of drug-likeness (QED) is 0.837. The van der Waals surface area contributed by atoms with Crippen LogP contribution in [0.4, 0.5) is 5.95 Å². The monoisotopic (exact) mass is 232 g/mol. The third-order valence-corrected chi connectivity index (χ3v) is 2.81. The predicted octanol–water partition coefficient (Wildman–Crippen LogP) is 1.52. The molecule has 1 aromatic heterocycles. The van der Waals surface area contributed by atoms with Crippen molar-refractivity contribution in [3.05, 3.63) is 23.8 Å². The Morgan fingerprint density at radius 3 is 2.88 bits per heavy atom. The molecule has 0 spiro atoms. The summed E-state index contributed by atoms with van der Waals surface area (Å²) in [4.78, 5) is 15.5. The lowest BCUT2D eigenvalue weighted by molar-refractivity contribution is 0.100. The van der Waals surface area contributed by atoms with Gasteiger partial charge in [0.2, 0.25) is 5.95 Å². The van der Waals surface area contributed by atoms with E-state index < -0.39 is 5.91 Å². The van der Waals surface area contributed by atoms with Gasteiger partial charge in [-0.1, -0.05) is 19.4 Å². The molecule has 1 heterocycles. The number of primary amides is 1. The molecule has 2 rings (SSSR count). The number of nitrogen functional groups attached to an aromatic ring is 1. The van der Waals surface area contributed by atoms with E-state index in [-0.39, 0.29) is 0 Å². The van der Waals surface area contributed by atoms with Crippen LogP contribution in [0.25, 0.3) is 11.0 Å². The number of nitrogens with zero attached hydrogens (tertiary/aromatic N) is 2. The number of unbranched alkanes of at least 4 members (excludes halogenated alkanes) is 1. The zero-order valence-corrected chi connectivity index (χ0v) is 9.81. The van der Waals surface area contributed by atoms with E-state index in [1.54, 1.807) is 12.1 Å². The van der Waals surface area contributed by atoms with Crippen LogP contribution < -0.4 is 11.5 Å². The second-order valence-corrected chi connectivity index (χ2v) is 4.01. The number of hydrogen-bond donors (Lipinski definition) is 2. The number of para-hydroxylation sites is 1. The largest absolute Gasteiger partial charge is 0.369 e. The third-order valence-electron chi connectivity index (χ3n) is 2.81. The molecule has 0 radical (unpaired) electrons. The summed E-state index contributed by atoms with van der Waals surface area (Å²) in [6, 6.07) is 5.37. The molecule has 0 unspecified atom stereocenters. The molecule has 5 heteroatoms. The lowest BCUT2D eigenvalue weighted by atomic mass is 10.2. The van der Waals surface area contributed by atoms with E-state index in [0.717, 1.165) is 24.9 Å². The van der Waals surface area contributed by atoms with Crippen molar-refractivity contribution in [3.8, 4) is 0 Å². The zero-order chi connectivity index (χ0) is 12.4. The number of aryl methyl sites for hydroxylation is 1. The van der Waals surface area contributed by atoms with E-state index in [1.807, 2.05) is 10.6 Å². The first-order valence-electron chi connectivity index (χ1n) is 5.69. The van der Waals surface area contributed by atoms with Crippen LogP contribution in [0.15, 0.2) is 18.2 Å². The van der Waals surface area contributed by atoms with Gasteiger partial charge in [-0.2, -0.15) is 0 Å². The van der Waals surface area contributed by atoms with Crippen molar-refractivity contribution in [1.29, 1.82) is 0 Å². The van der Waals surface area contributed by atoms with Crippen LogP contribution in [0.3, 0.4) is 0 Å². The number of anilines is 1. The van der Waals surface area contributed by atoms with Gasteiger partial charge < -0.3 is 16.0 Å². The van der Waals surface area contributed by atoms with Crippen molar-refractivity contribution in [3.63, 3.8) is 0 Å². The van der Waals surface area contributed by atoms with Crippen LogP contribution in [0.1, 0.15) is 30.1 Å². The highest BCUT2D eigenvalue weighted by atomic mass is 16.1. The summed E-state index contributed by atoms with van der Waals surface area (Å²) in [5, 5.41) is 0. The minimum Gasteiger partial charge on any atom is -0.369 e. The molecule has 0 fully saturated rings. The molecule has 0 aliphatic rings. The molecule has 4 N–H and O–H groups in total. The maximum Gasteiger partial charge on any atom is 0.250 e. The SMILES string of the molecule is CCCCn1c(N)nc2c(C(N)=O)cccc21. The second-order valence-electron chi connectivity index (χ2n) is 4.01. The summed E-state index contributed by atoms with van der Waals surface area (Å²) in [6.07, 6.45) is 2.10. The van der Waals surface area contributed by atoms with E-state index in [9.17, 15) is 4.79 Å². The molecule has 2 aromatic rings. The maximum atomic E-state index is 11.3. The number of amides is 1. The van der Waals surface area contributed by atoms with Crippen LogP contribution in [0, 0.1) is 0 Å². The number of fused-ring (bicyclic) bond motifs is 1. The number of hydrogen-bond acceptors (Lipinski definition) is 3. The summed E-state index contributed by atoms with van der Waals surface area (Å²) in [5.74, 6) is -0.0436. The highest BCUT2D eigenvalue weighted by molar-refractivity contribution is 6.04. The fraction of sp³-hybridized carbons (Fsp3) is 0.333. The fourth-order valence-corrected chi connectivity index (χ4v) is 1.92. The maximum absolute atomic E-state index is 11.3. The van der Waals surface area contributed by atoms with Gasteiger partial charge in [0, 0.05) is 6.54 Å². The first-order chi connectivity index (χ1) is 8.15. The van der Waals surface area contributed by atoms with E-state index in [0.29, 0.717) is 17.0 Å². The Kier molecular flexibility index (Phi) is 2.99. The highest BCUT2D eigenvalue weighted by Gasteiger charge is 2.13. The van der Waals surface area contributed by atoms with Crippen molar-refractivity contribution >= 4 is 22.9 Å². The molecule has 1 amide bonds. The Labute approximate surface area is 99.4 Å². The number of benzene rings is 1. The number of nitrogens with two attached hydrogens (primary N) is 2. The predicted molar refractivity (Wildman–Crippen MR) is 67.6 cm³/mol. The average Bonchev–Trinajstić information content (AvgIpc) is 2.61. The van der Waals surface area contributed by atoms with Gasteiger partial charge in [0.15, 0.2) is 0 Å². The Hall–Kier alpha value is -2.04. The van der Waals surface area contributed by atoms with Crippen LogP contribution in [0.5, 0.6) is 0 Å². The van der Waals surface area contributed by atoms with Crippen molar-refractivity contribution < 1.29 is 4.79 Å². The Bertz CT molecular complexity index is 559. The van der Waals surface area contributed by atoms with Gasteiger partial charge >= 0.3 is 0 Å². The number of rotatable bonds is 4. The first kappa shape index (κ1) is 11.4. The Morgan fingerprint density at radius 1 is 1.47 bits per heavy atom. The minimum atomic E-state index is -0.476. The molecule has 0 atom stereocenters. The summed E-state index contributed by atoms with van der Waals surface area (Å²) in [5.41, 5.74) is 13.1. The van der Waals surface area contributed by atoms with E-state index in [4.69, 9.17) is 11.5 Å². The molecule has 1 aromatic carbocycles. The summed E-state index contributed by atoms with van der Waals surface area (Å²) in [7, 11) is 0. The van der Waals surface area contributed by atoms with E-state index >= 15 is 0 Å². The fourth-order valence-electron chi connectivity index (χ4n) is 1.92. The standard InChI is InChI=1S/C12H16N4O/c1-2-3-7-16-9-6-4-5-8(11(13)17)10(9)15-12(16)14/h4-6H,2-3,7H2,1H3,(H2,13,17)(H2,14,15). The summed E-state index contributed by atoms with van der Waals surface area (Å²) >= 11 is 0. The Morgan fingerprint density at radius 2 is 2.24 bits per heavy atom. The van der Waals surface area contributed by atoms with Crippen LogP contribution >= 0.6 is 0 Å². The van der Waals surface area contributed by atoms with Crippen molar-refractivity contribution in [2.24, 2.45) is 5.73 Å². The van der Waals surface area contributed by atoms with Crippen LogP contribution in [-0.2, 0) is 6.54 Å². The molecule has 0 aliphatic carbocycles. The smallest absolute Gasteiger partial charge is 0.250 e.